The molecule has 94 valence electrons. The molecule has 0 aliphatic heterocycles. The first-order chi connectivity index (χ1) is 8.19. The summed E-state index contributed by atoms with van der Waals surface area (Å²) in [5, 5.41) is -0.519. The summed E-state index contributed by atoms with van der Waals surface area (Å²) >= 11 is 5.40. The van der Waals surface area contributed by atoms with Crippen molar-refractivity contribution in [3.63, 3.8) is 0 Å². The Bertz CT molecular complexity index is 379. The Morgan fingerprint density at radius 3 is 2.59 bits per heavy atom. The monoisotopic (exact) mass is 258 g/mol. The third kappa shape index (κ3) is 4.24. The molecule has 17 heavy (non-hydrogen) atoms. The average molecular weight is 259 g/mol. The molecule has 0 atom stereocenters. The highest BCUT2D eigenvalue weighted by Gasteiger charge is 2.09. The molecule has 4 nitrogen and oxygen atoms in total. The third-order valence-electron chi connectivity index (χ3n) is 2.14. The van der Waals surface area contributed by atoms with E-state index < -0.39 is 5.24 Å². The Morgan fingerprint density at radius 2 is 2.00 bits per heavy atom. The zero-order chi connectivity index (χ0) is 12.7. The van der Waals surface area contributed by atoms with Crippen molar-refractivity contribution in [2.75, 3.05) is 27.4 Å². The van der Waals surface area contributed by atoms with E-state index in [0.29, 0.717) is 30.3 Å². The largest absolute Gasteiger partial charge is 0.493 e. The van der Waals surface area contributed by atoms with Gasteiger partial charge in [-0.2, -0.15) is 0 Å². The van der Waals surface area contributed by atoms with Crippen LogP contribution in [0, 0.1) is 0 Å². The predicted molar refractivity (Wildman–Crippen MR) is 65.2 cm³/mol. The van der Waals surface area contributed by atoms with Crippen LogP contribution in [0.4, 0.5) is 0 Å². The fraction of sp³-hybridized carbons (Fsp3) is 0.417. The Balaban J connectivity index is 2.72. The van der Waals surface area contributed by atoms with Crippen molar-refractivity contribution in [1.29, 1.82) is 0 Å². The van der Waals surface area contributed by atoms with Gasteiger partial charge in [0.05, 0.1) is 13.7 Å². The number of carbonyl (C=O) groups is 1. The minimum absolute atomic E-state index is 0.384. The SMILES string of the molecule is COCCCOc1cc(C(=O)Cl)ccc1OC. The lowest BCUT2D eigenvalue weighted by atomic mass is 10.2. The molecule has 5 heteroatoms. The average Bonchev–Trinajstić information content (AvgIpc) is 2.34. The van der Waals surface area contributed by atoms with Crippen LogP contribution in [0.1, 0.15) is 16.8 Å². The van der Waals surface area contributed by atoms with Crippen LogP contribution >= 0.6 is 11.6 Å². The first-order valence-electron chi connectivity index (χ1n) is 5.18. The Hall–Kier alpha value is -1.26. The molecule has 0 aliphatic carbocycles. The van der Waals surface area contributed by atoms with Crippen LogP contribution in [0.15, 0.2) is 18.2 Å². The van der Waals surface area contributed by atoms with Gasteiger partial charge >= 0.3 is 0 Å². The number of rotatable bonds is 7. The summed E-state index contributed by atoms with van der Waals surface area (Å²) in [6, 6.07) is 4.82. The number of benzene rings is 1. The molecule has 0 aromatic heterocycles. The highest BCUT2D eigenvalue weighted by molar-refractivity contribution is 6.67. The van der Waals surface area contributed by atoms with Crippen LogP contribution < -0.4 is 9.47 Å². The number of carbonyl (C=O) groups excluding carboxylic acids is 1. The maximum atomic E-state index is 11.0. The van der Waals surface area contributed by atoms with Crippen molar-refractivity contribution < 1.29 is 19.0 Å². The molecule has 0 spiro atoms. The molecular weight excluding hydrogens is 244 g/mol. The lowest BCUT2D eigenvalue weighted by Crippen LogP contribution is -2.03. The summed E-state index contributed by atoms with van der Waals surface area (Å²) in [7, 11) is 3.17. The van der Waals surface area contributed by atoms with Crippen molar-refractivity contribution in [2.45, 2.75) is 6.42 Å². The minimum atomic E-state index is -0.519. The van der Waals surface area contributed by atoms with E-state index in [1.54, 1.807) is 32.4 Å². The Morgan fingerprint density at radius 1 is 1.24 bits per heavy atom. The molecule has 0 amide bonds. The summed E-state index contributed by atoms with van der Waals surface area (Å²) in [4.78, 5) is 11.0. The lowest BCUT2D eigenvalue weighted by molar-refractivity contribution is 0.108. The third-order valence-corrected chi connectivity index (χ3v) is 2.36. The Labute approximate surface area is 105 Å². The van der Waals surface area contributed by atoms with Crippen molar-refractivity contribution in [2.24, 2.45) is 0 Å². The number of ether oxygens (including phenoxy) is 3. The zero-order valence-corrected chi connectivity index (χ0v) is 10.6. The van der Waals surface area contributed by atoms with Gasteiger partial charge in [0.1, 0.15) is 0 Å². The van der Waals surface area contributed by atoms with Crippen molar-refractivity contribution in [1.82, 2.24) is 0 Å². The van der Waals surface area contributed by atoms with E-state index >= 15 is 0 Å². The molecule has 0 fully saturated rings. The van der Waals surface area contributed by atoms with Crippen molar-refractivity contribution in [3.05, 3.63) is 23.8 Å². The molecule has 0 radical (unpaired) electrons. The van der Waals surface area contributed by atoms with Gasteiger partial charge in [-0.3, -0.25) is 4.79 Å². The molecular formula is C12H15ClO4. The summed E-state index contributed by atoms with van der Waals surface area (Å²) in [6.45, 7) is 1.11. The maximum absolute atomic E-state index is 11.0. The molecule has 0 saturated carbocycles. The molecule has 0 saturated heterocycles. The van der Waals surface area contributed by atoms with Gasteiger partial charge in [0.25, 0.3) is 5.24 Å². The van der Waals surface area contributed by atoms with Crippen LogP contribution in [0.5, 0.6) is 11.5 Å². The molecule has 0 heterocycles. The first-order valence-corrected chi connectivity index (χ1v) is 5.56. The van der Waals surface area contributed by atoms with Gasteiger partial charge in [0.15, 0.2) is 11.5 Å². The molecule has 1 rings (SSSR count). The fourth-order valence-corrected chi connectivity index (χ4v) is 1.41. The first kappa shape index (κ1) is 13.8. The number of hydrogen-bond acceptors (Lipinski definition) is 4. The van der Waals surface area contributed by atoms with E-state index in [1.165, 1.54) is 0 Å². The summed E-state index contributed by atoms with van der Waals surface area (Å²) in [5.41, 5.74) is 0.384. The molecule has 0 bridgehead atoms. The van der Waals surface area contributed by atoms with E-state index in [9.17, 15) is 4.79 Å². The van der Waals surface area contributed by atoms with Gasteiger partial charge in [-0.1, -0.05) is 0 Å². The molecule has 1 aromatic carbocycles. The summed E-state index contributed by atoms with van der Waals surface area (Å²) in [6.07, 6.45) is 0.763. The minimum Gasteiger partial charge on any atom is -0.493 e. The van der Waals surface area contributed by atoms with E-state index in [1.807, 2.05) is 0 Å². The van der Waals surface area contributed by atoms with Crippen LogP contribution in [0.25, 0.3) is 0 Å². The quantitative estimate of drug-likeness (QED) is 0.557. The van der Waals surface area contributed by atoms with Crippen LogP contribution in [0.3, 0.4) is 0 Å². The summed E-state index contributed by atoms with van der Waals surface area (Å²) in [5.74, 6) is 1.08. The zero-order valence-electron chi connectivity index (χ0n) is 9.86. The van der Waals surface area contributed by atoms with Gasteiger partial charge < -0.3 is 14.2 Å². The van der Waals surface area contributed by atoms with Crippen LogP contribution in [-0.2, 0) is 4.74 Å². The second-order valence-electron chi connectivity index (χ2n) is 3.33. The van der Waals surface area contributed by atoms with Crippen molar-refractivity contribution in [3.8, 4) is 11.5 Å². The predicted octanol–water partition coefficient (Wildman–Crippen LogP) is 2.49. The molecule has 0 aliphatic rings. The smallest absolute Gasteiger partial charge is 0.252 e. The number of methoxy groups -OCH3 is 2. The van der Waals surface area contributed by atoms with Gasteiger partial charge in [-0.25, -0.2) is 0 Å². The second-order valence-corrected chi connectivity index (χ2v) is 3.68. The van der Waals surface area contributed by atoms with E-state index in [4.69, 9.17) is 25.8 Å². The highest BCUT2D eigenvalue weighted by atomic mass is 35.5. The second kappa shape index (κ2) is 7.14. The van der Waals surface area contributed by atoms with Gasteiger partial charge in [0, 0.05) is 25.7 Å². The van der Waals surface area contributed by atoms with Gasteiger partial charge in [-0.15, -0.1) is 0 Å². The summed E-state index contributed by atoms with van der Waals surface area (Å²) < 4.78 is 15.5. The Kier molecular flexibility index (Phi) is 5.80. The lowest BCUT2D eigenvalue weighted by Gasteiger charge is -2.11. The topological polar surface area (TPSA) is 44.8 Å². The van der Waals surface area contributed by atoms with Crippen LogP contribution in [0.2, 0.25) is 0 Å². The van der Waals surface area contributed by atoms with E-state index in [-0.39, 0.29) is 0 Å². The van der Waals surface area contributed by atoms with E-state index in [2.05, 4.69) is 0 Å². The molecule has 0 unspecified atom stereocenters. The maximum Gasteiger partial charge on any atom is 0.252 e. The van der Waals surface area contributed by atoms with Gasteiger partial charge in [0.2, 0.25) is 0 Å². The van der Waals surface area contributed by atoms with Crippen molar-refractivity contribution >= 4 is 16.8 Å². The highest BCUT2D eigenvalue weighted by Crippen LogP contribution is 2.28. The standard InChI is InChI=1S/C12H15ClO4/c1-15-6-3-7-17-11-8-9(12(13)14)4-5-10(11)16-2/h4-5,8H,3,6-7H2,1-2H3. The fourth-order valence-electron chi connectivity index (χ4n) is 1.30. The van der Waals surface area contributed by atoms with E-state index in [0.717, 1.165) is 6.42 Å². The molecule has 0 N–H and O–H groups in total. The number of halogens is 1. The number of hydrogen-bond donors (Lipinski definition) is 0. The normalized spacial score (nSPS) is 10.1. The van der Waals surface area contributed by atoms with Crippen LogP contribution in [-0.4, -0.2) is 32.7 Å². The van der Waals surface area contributed by atoms with Gasteiger partial charge in [-0.05, 0) is 29.8 Å². The molecule has 1 aromatic rings.